The van der Waals surface area contributed by atoms with Gasteiger partial charge in [-0.3, -0.25) is 4.40 Å². The molecule has 0 aliphatic carbocycles. The van der Waals surface area contributed by atoms with E-state index < -0.39 is 0 Å². The monoisotopic (exact) mass is 301 g/mol. The minimum Gasteiger partial charge on any atom is -0.278 e. The van der Waals surface area contributed by atoms with Crippen LogP contribution in [-0.4, -0.2) is 14.4 Å². The number of hydrogen-bond acceptors (Lipinski definition) is 3. The Morgan fingerprint density at radius 3 is 2.73 bits per heavy atom. The predicted octanol–water partition coefficient (Wildman–Crippen LogP) is 4.76. The molecule has 0 spiro atoms. The Labute approximate surface area is 130 Å². The van der Waals surface area contributed by atoms with Gasteiger partial charge >= 0.3 is 0 Å². The number of thiophene rings is 1. The third-order valence-electron chi connectivity index (χ3n) is 3.94. The SMILES string of the molecule is c1csc(-c2cnc3c(cnc4cc5ccccc5n43)c2)c1. The molecule has 0 unspecified atom stereocenters. The zero-order valence-corrected chi connectivity index (χ0v) is 12.4. The van der Waals surface area contributed by atoms with Crippen molar-refractivity contribution in [3.05, 3.63) is 66.3 Å². The molecular formula is C18H11N3S. The summed E-state index contributed by atoms with van der Waals surface area (Å²) >= 11 is 1.73. The van der Waals surface area contributed by atoms with E-state index in [4.69, 9.17) is 4.98 Å². The fourth-order valence-electron chi connectivity index (χ4n) is 2.93. The van der Waals surface area contributed by atoms with Crippen molar-refractivity contribution in [1.29, 1.82) is 0 Å². The summed E-state index contributed by atoms with van der Waals surface area (Å²) in [4.78, 5) is 10.5. The first-order chi connectivity index (χ1) is 10.9. The van der Waals surface area contributed by atoms with Crippen LogP contribution >= 0.6 is 11.3 Å². The molecule has 0 saturated carbocycles. The first-order valence-electron chi connectivity index (χ1n) is 7.09. The first-order valence-corrected chi connectivity index (χ1v) is 7.97. The Morgan fingerprint density at radius 2 is 1.82 bits per heavy atom. The van der Waals surface area contributed by atoms with Crippen molar-refractivity contribution in [2.24, 2.45) is 0 Å². The molecule has 1 aromatic carbocycles. The van der Waals surface area contributed by atoms with Crippen LogP contribution in [0.2, 0.25) is 0 Å². The minimum absolute atomic E-state index is 0.935. The largest absolute Gasteiger partial charge is 0.278 e. The molecule has 0 aliphatic rings. The van der Waals surface area contributed by atoms with Crippen molar-refractivity contribution in [2.75, 3.05) is 0 Å². The Balaban J connectivity index is 1.89. The second-order valence-electron chi connectivity index (χ2n) is 5.27. The molecule has 0 radical (unpaired) electrons. The van der Waals surface area contributed by atoms with E-state index in [-0.39, 0.29) is 0 Å². The summed E-state index contributed by atoms with van der Waals surface area (Å²) in [6.45, 7) is 0. The van der Waals surface area contributed by atoms with Gasteiger partial charge in [0.25, 0.3) is 0 Å². The standard InChI is InChI=1S/C18H11N3S/c1-2-5-15-12(4-1)9-17-19-11-14-8-13(16-6-3-7-22-16)10-20-18(14)21(15)17/h1-11H. The van der Waals surface area contributed by atoms with Crippen LogP contribution in [0.1, 0.15) is 0 Å². The van der Waals surface area contributed by atoms with Crippen molar-refractivity contribution in [1.82, 2.24) is 14.4 Å². The summed E-state index contributed by atoms with van der Waals surface area (Å²) in [5.74, 6) is 0. The molecule has 0 fully saturated rings. The highest BCUT2D eigenvalue weighted by Crippen LogP contribution is 2.28. The van der Waals surface area contributed by atoms with Gasteiger partial charge in [-0.2, -0.15) is 0 Å². The maximum Gasteiger partial charge on any atom is 0.147 e. The smallest absolute Gasteiger partial charge is 0.147 e. The summed E-state index contributed by atoms with van der Waals surface area (Å²) < 4.78 is 2.13. The molecule has 0 aliphatic heterocycles. The van der Waals surface area contributed by atoms with E-state index in [0.717, 1.165) is 27.8 Å². The van der Waals surface area contributed by atoms with Gasteiger partial charge in [-0.05, 0) is 29.6 Å². The molecule has 4 heterocycles. The van der Waals surface area contributed by atoms with E-state index >= 15 is 0 Å². The van der Waals surface area contributed by atoms with Gasteiger partial charge in [0.15, 0.2) is 0 Å². The van der Waals surface area contributed by atoms with Crippen molar-refractivity contribution in [2.45, 2.75) is 0 Å². The molecule has 4 heteroatoms. The van der Waals surface area contributed by atoms with Gasteiger partial charge in [-0.15, -0.1) is 11.3 Å². The number of rotatable bonds is 1. The van der Waals surface area contributed by atoms with Crippen LogP contribution in [0.15, 0.2) is 66.3 Å². The molecule has 104 valence electrons. The Bertz CT molecular complexity index is 1120. The van der Waals surface area contributed by atoms with Crippen molar-refractivity contribution in [3.8, 4) is 10.4 Å². The Kier molecular flexibility index (Phi) is 2.37. The molecule has 3 nitrogen and oxygen atoms in total. The van der Waals surface area contributed by atoms with Gasteiger partial charge in [0.1, 0.15) is 11.3 Å². The fraction of sp³-hybridized carbons (Fsp3) is 0. The van der Waals surface area contributed by atoms with Crippen molar-refractivity contribution in [3.63, 3.8) is 0 Å². The zero-order chi connectivity index (χ0) is 14.5. The highest BCUT2D eigenvalue weighted by atomic mass is 32.1. The average molecular weight is 301 g/mol. The fourth-order valence-corrected chi connectivity index (χ4v) is 3.64. The van der Waals surface area contributed by atoms with E-state index in [0.29, 0.717) is 0 Å². The van der Waals surface area contributed by atoms with E-state index in [1.54, 1.807) is 11.3 Å². The van der Waals surface area contributed by atoms with Crippen LogP contribution in [0, 0.1) is 0 Å². The molecule has 0 N–H and O–H groups in total. The molecule has 0 amide bonds. The number of benzene rings is 1. The van der Waals surface area contributed by atoms with E-state index in [1.165, 1.54) is 10.3 Å². The van der Waals surface area contributed by atoms with E-state index in [2.05, 4.69) is 51.2 Å². The number of para-hydroxylation sites is 1. The van der Waals surface area contributed by atoms with Gasteiger partial charge in [0.05, 0.1) is 5.52 Å². The highest BCUT2D eigenvalue weighted by Gasteiger charge is 2.09. The first kappa shape index (κ1) is 11.9. The van der Waals surface area contributed by atoms with Crippen LogP contribution in [0.25, 0.3) is 38.0 Å². The summed E-state index contributed by atoms with van der Waals surface area (Å²) in [6.07, 6.45) is 3.86. The van der Waals surface area contributed by atoms with Gasteiger partial charge in [-0.1, -0.05) is 24.3 Å². The van der Waals surface area contributed by atoms with Crippen molar-refractivity contribution < 1.29 is 0 Å². The molecule has 0 bridgehead atoms. The lowest BCUT2D eigenvalue weighted by Crippen LogP contribution is -1.93. The lowest BCUT2D eigenvalue weighted by molar-refractivity contribution is 1.18. The van der Waals surface area contributed by atoms with Crippen LogP contribution in [-0.2, 0) is 0 Å². The zero-order valence-electron chi connectivity index (χ0n) is 11.6. The third kappa shape index (κ3) is 1.61. The predicted molar refractivity (Wildman–Crippen MR) is 91.3 cm³/mol. The Hall–Kier alpha value is -2.72. The Morgan fingerprint density at radius 1 is 0.864 bits per heavy atom. The van der Waals surface area contributed by atoms with E-state index in [9.17, 15) is 0 Å². The summed E-state index contributed by atoms with van der Waals surface area (Å²) in [7, 11) is 0. The van der Waals surface area contributed by atoms with Gasteiger partial charge in [-0.25, -0.2) is 9.97 Å². The van der Waals surface area contributed by atoms with Crippen LogP contribution in [0.5, 0.6) is 0 Å². The van der Waals surface area contributed by atoms with Gasteiger partial charge in [0, 0.05) is 33.6 Å². The second-order valence-corrected chi connectivity index (χ2v) is 6.22. The molecule has 22 heavy (non-hydrogen) atoms. The van der Waals surface area contributed by atoms with Crippen LogP contribution in [0.4, 0.5) is 0 Å². The van der Waals surface area contributed by atoms with Gasteiger partial charge in [0.2, 0.25) is 0 Å². The molecule has 5 aromatic rings. The number of fused-ring (bicyclic) bond motifs is 5. The molecule has 5 rings (SSSR count). The number of aromatic nitrogens is 3. The number of nitrogens with zero attached hydrogens (tertiary/aromatic N) is 3. The van der Waals surface area contributed by atoms with Gasteiger partial charge < -0.3 is 0 Å². The number of pyridine rings is 1. The normalized spacial score (nSPS) is 11.6. The summed E-state index contributed by atoms with van der Waals surface area (Å²) in [5.41, 5.74) is 4.17. The third-order valence-corrected chi connectivity index (χ3v) is 4.86. The maximum absolute atomic E-state index is 4.72. The quantitative estimate of drug-likeness (QED) is 0.446. The second kappa shape index (κ2) is 4.39. The molecular weight excluding hydrogens is 290 g/mol. The minimum atomic E-state index is 0.935. The molecule has 0 atom stereocenters. The van der Waals surface area contributed by atoms with Crippen LogP contribution < -0.4 is 0 Å². The lowest BCUT2D eigenvalue weighted by atomic mass is 10.2. The maximum atomic E-state index is 4.72. The highest BCUT2D eigenvalue weighted by molar-refractivity contribution is 7.13. The average Bonchev–Trinajstić information content (AvgIpc) is 3.21. The van der Waals surface area contributed by atoms with Crippen LogP contribution in [0.3, 0.4) is 0 Å². The number of hydrogen-bond donors (Lipinski definition) is 0. The van der Waals surface area contributed by atoms with E-state index in [1.807, 2.05) is 24.5 Å². The molecule has 0 saturated heterocycles. The van der Waals surface area contributed by atoms with Crippen molar-refractivity contribution >= 4 is 38.9 Å². The lowest BCUT2D eigenvalue weighted by Gasteiger charge is -2.04. The summed E-state index contributed by atoms with van der Waals surface area (Å²) in [5, 5.41) is 4.33. The summed E-state index contributed by atoms with van der Waals surface area (Å²) in [6, 6.07) is 16.8. The molecule has 4 aromatic heterocycles. The topological polar surface area (TPSA) is 30.2 Å².